The van der Waals surface area contributed by atoms with E-state index in [1.807, 2.05) is 0 Å². The van der Waals surface area contributed by atoms with Crippen LogP contribution in [-0.4, -0.2) is 30.4 Å². The molecular formula is C13H9Cl2F2N3O3S. The number of hydrogen-bond acceptors (Lipinski definition) is 5. The van der Waals surface area contributed by atoms with Crippen LogP contribution >= 0.6 is 23.2 Å². The fourth-order valence-corrected chi connectivity index (χ4v) is 2.93. The van der Waals surface area contributed by atoms with Crippen LogP contribution in [0.5, 0.6) is 0 Å². The van der Waals surface area contributed by atoms with Gasteiger partial charge in [-0.3, -0.25) is 9.52 Å². The van der Waals surface area contributed by atoms with Crippen LogP contribution in [0.4, 0.5) is 14.5 Å². The van der Waals surface area contributed by atoms with E-state index in [1.165, 1.54) is 24.3 Å². The van der Waals surface area contributed by atoms with Crippen molar-refractivity contribution in [3.05, 3.63) is 51.5 Å². The number of aromatic nitrogens is 2. The van der Waals surface area contributed by atoms with Crippen LogP contribution < -0.4 is 4.72 Å². The summed E-state index contributed by atoms with van der Waals surface area (Å²) >= 11 is 11.7. The third-order valence-corrected chi connectivity index (χ3v) is 4.28. The third-order valence-electron chi connectivity index (χ3n) is 2.81. The van der Waals surface area contributed by atoms with E-state index < -0.39 is 15.8 Å². The highest BCUT2D eigenvalue weighted by Crippen LogP contribution is 2.29. The largest absolute Gasteiger partial charge is 0.355 e. The number of halogens is 4. The second-order valence-electron chi connectivity index (χ2n) is 4.51. The molecule has 24 heavy (non-hydrogen) atoms. The number of nitrogens with one attached hydrogen (secondary N) is 1. The Bertz CT molecular complexity index is 879. The van der Waals surface area contributed by atoms with E-state index in [2.05, 4.69) is 9.97 Å². The number of sulfonamides is 1. The molecule has 0 aliphatic rings. The summed E-state index contributed by atoms with van der Waals surface area (Å²) < 4.78 is 49.7. The Morgan fingerprint density at radius 1 is 1.25 bits per heavy atom. The molecule has 0 aliphatic carbocycles. The van der Waals surface area contributed by atoms with E-state index >= 15 is 0 Å². The van der Waals surface area contributed by atoms with E-state index in [0.717, 1.165) is 0 Å². The molecule has 0 fully saturated rings. The second-order valence-corrected chi connectivity index (χ2v) is 6.95. The van der Waals surface area contributed by atoms with Crippen molar-refractivity contribution in [2.45, 2.75) is 12.2 Å². The van der Waals surface area contributed by atoms with Crippen molar-refractivity contribution < 1.29 is 22.0 Å². The average Bonchev–Trinajstić information content (AvgIpc) is 2.50. The summed E-state index contributed by atoms with van der Waals surface area (Å²) in [6.07, 6.45) is 0.387. The van der Waals surface area contributed by atoms with Gasteiger partial charge in [-0.25, -0.2) is 18.4 Å². The number of carbonyl (C=O) groups excluding carboxylic acids is 1. The molecule has 0 atom stereocenters. The van der Waals surface area contributed by atoms with Crippen LogP contribution in [0.25, 0.3) is 0 Å². The highest BCUT2D eigenvalue weighted by Gasteiger charge is 2.26. The van der Waals surface area contributed by atoms with Crippen molar-refractivity contribution in [1.29, 1.82) is 0 Å². The molecule has 0 unspecified atom stereocenters. The fourth-order valence-electron chi connectivity index (χ4n) is 1.81. The molecule has 128 valence electrons. The number of anilines is 1. The zero-order valence-corrected chi connectivity index (χ0v) is 14.0. The molecular weight excluding hydrogens is 387 g/mol. The Labute approximate surface area is 145 Å². The predicted molar refractivity (Wildman–Crippen MR) is 85.2 cm³/mol. The minimum absolute atomic E-state index is 0.0128. The normalized spacial score (nSPS) is 11.5. The number of rotatable bonds is 6. The first-order valence-corrected chi connectivity index (χ1v) is 8.59. The molecule has 0 saturated carbocycles. The van der Waals surface area contributed by atoms with Crippen LogP contribution in [0.2, 0.25) is 10.2 Å². The highest BCUT2D eigenvalue weighted by molar-refractivity contribution is 7.93. The minimum Gasteiger partial charge on any atom is -0.296 e. The molecule has 0 spiro atoms. The molecule has 0 radical (unpaired) electrons. The number of nitrogens with zero attached hydrogens (tertiary/aromatic N) is 2. The maximum absolute atomic E-state index is 12.6. The minimum atomic E-state index is -4.90. The number of alkyl halides is 2. The first kappa shape index (κ1) is 18.5. The van der Waals surface area contributed by atoms with Gasteiger partial charge in [0.25, 0.3) is 10.0 Å². The lowest BCUT2D eigenvalue weighted by atomic mass is 10.1. The number of carbonyl (C=O) groups is 1. The second kappa shape index (κ2) is 7.37. The summed E-state index contributed by atoms with van der Waals surface area (Å²) in [5, 5.41) is -0.0618. The summed E-state index contributed by atoms with van der Waals surface area (Å²) in [4.78, 5) is 18.6. The number of aldehydes is 1. The summed E-state index contributed by atoms with van der Waals surface area (Å²) in [6.45, 7) is 0. The lowest BCUT2D eigenvalue weighted by molar-refractivity contribution is 0.111. The molecule has 1 aromatic heterocycles. The SMILES string of the molecule is O=Cc1cc(Cl)nc(Cc2cccc(Cl)c2NS(=O)(=O)C(F)F)n1. The quantitative estimate of drug-likeness (QED) is 0.599. The molecule has 0 bridgehead atoms. The van der Waals surface area contributed by atoms with Crippen molar-refractivity contribution in [3.8, 4) is 0 Å². The molecule has 0 saturated heterocycles. The zero-order chi connectivity index (χ0) is 17.9. The van der Waals surface area contributed by atoms with Gasteiger partial charge in [0.15, 0.2) is 6.29 Å². The zero-order valence-electron chi connectivity index (χ0n) is 11.7. The summed E-state index contributed by atoms with van der Waals surface area (Å²) in [5.41, 5.74) is 0.0586. The Morgan fingerprint density at radius 2 is 1.96 bits per heavy atom. The Morgan fingerprint density at radius 3 is 2.58 bits per heavy atom. The molecule has 2 rings (SSSR count). The number of benzene rings is 1. The Hall–Kier alpha value is -1.84. The Kier molecular flexibility index (Phi) is 5.68. The van der Waals surface area contributed by atoms with E-state index in [1.54, 1.807) is 4.72 Å². The molecule has 1 aromatic carbocycles. The van der Waals surface area contributed by atoms with Gasteiger partial charge in [-0.1, -0.05) is 35.3 Å². The molecule has 6 nitrogen and oxygen atoms in total. The predicted octanol–water partition coefficient (Wildman–Crippen LogP) is 3.15. The van der Waals surface area contributed by atoms with Gasteiger partial charge in [-0.15, -0.1) is 0 Å². The van der Waals surface area contributed by atoms with Crippen LogP contribution in [0.1, 0.15) is 21.9 Å². The molecule has 1 heterocycles. The van der Waals surface area contributed by atoms with E-state index in [0.29, 0.717) is 6.29 Å². The smallest absolute Gasteiger partial charge is 0.296 e. The average molecular weight is 396 g/mol. The van der Waals surface area contributed by atoms with Gasteiger partial charge < -0.3 is 0 Å². The van der Waals surface area contributed by atoms with Gasteiger partial charge in [0.1, 0.15) is 16.7 Å². The fraction of sp³-hybridized carbons (Fsp3) is 0.154. The van der Waals surface area contributed by atoms with Crippen molar-refractivity contribution >= 4 is 45.2 Å². The van der Waals surface area contributed by atoms with E-state index in [9.17, 15) is 22.0 Å². The highest BCUT2D eigenvalue weighted by atomic mass is 35.5. The maximum Gasteiger partial charge on any atom is 0.355 e. The van der Waals surface area contributed by atoms with Crippen molar-refractivity contribution in [3.63, 3.8) is 0 Å². The molecule has 2 aromatic rings. The number of hydrogen-bond donors (Lipinski definition) is 1. The molecule has 11 heteroatoms. The van der Waals surface area contributed by atoms with Crippen molar-refractivity contribution in [2.24, 2.45) is 0 Å². The lowest BCUT2D eigenvalue weighted by Gasteiger charge is -2.13. The first-order chi connectivity index (χ1) is 11.2. The van der Waals surface area contributed by atoms with Crippen LogP contribution in [0, 0.1) is 0 Å². The summed E-state index contributed by atoms with van der Waals surface area (Å²) in [7, 11) is -4.90. The van der Waals surface area contributed by atoms with Crippen molar-refractivity contribution in [1.82, 2.24) is 9.97 Å². The maximum atomic E-state index is 12.6. The van der Waals surface area contributed by atoms with E-state index in [4.69, 9.17) is 23.2 Å². The first-order valence-electron chi connectivity index (χ1n) is 6.28. The van der Waals surface area contributed by atoms with Crippen LogP contribution in [-0.2, 0) is 16.4 Å². The van der Waals surface area contributed by atoms with Gasteiger partial charge >= 0.3 is 5.76 Å². The molecule has 0 amide bonds. The molecule has 1 N–H and O–H groups in total. The van der Waals surface area contributed by atoms with Crippen LogP contribution in [0.3, 0.4) is 0 Å². The lowest BCUT2D eigenvalue weighted by Crippen LogP contribution is -2.21. The monoisotopic (exact) mass is 395 g/mol. The third kappa shape index (κ3) is 4.37. The van der Waals surface area contributed by atoms with Gasteiger partial charge in [0, 0.05) is 12.5 Å². The summed E-state index contributed by atoms with van der Waals surface area (Å²) in [5.74, 6) is -3.52. The topological polar surface area (TPSA) is 89.0 Å². The van der Waals surface area contributed by atoms with E-state index in [-0.39, 0.29) is 39.4 Å². The van der Waals surface area contributed by atoms with Gasteiger partial charge in [0.2, 0.25) is 0 Å². The number of para-hydroxylation sites is 1. The standard InChI is InChI=1S/C13H9Cl2F2N3O3S/c14-9-3-1-2-7(12(9)20-24(22,23)13(16)17)4-11-18-8(6-21)5-10(15)19-11/h1-3,5-6,13,20H,4H2. The van der Waals surface area contributed by atoms with Crippen LogP contribution in [0.15, 0.2) is 24.3 Å². The molecule has 0 aliphatic heterocycles. The van der Waals surface area contributed by atoms with Crippen molar-refractivity contribution in [2.75, 3.05) is 4.72 Å². The Balaban J connectivity index is 2.43. The summed E-state index contributed by atoms with van der Waals surface area (Å²) in [6, 6.07) is 5.55. The van der Waals surface area contributed by atoms with Gasteiger partial charge in [-0.05, 0) is 11.6 Å². The van der Waals surface area contributed by atoms with Gasteiger partial charge in [-0.2, -0.15) is 8.78 Å². The van der Waals surface area contributed by atoms with Gasteiger partial charge in [0.05, 0.1) is 10.7 Å².